The summed E-state index contributed by atoms with van der Waals surface area (Å²) in [5.74, 6) is 3.91. The van der Waals surface area contributed by atoms with Crippen molar-refractivity contribution in [2.24, 2.45) is 5.73 Å². The van der Waals surface area contributed by atoms with Gasteiger partial charge in [0.05, 0.1) is 0 Å². The molecular formula is C10H17N3OS. The van der Waals surface area contributed by atoms with E-state index in [2.05, 4.69) is 17.1 Å². The average Bonchev–Trinajstić information content (AvgIpc) is 2.69. The smallest absolute Gasteiger partial charge is 0.232 e. The third-order valence-electron chi connectivity index (χ3n) is 2.95. The number of nitrogens with two attached hydrogens (primary N) is 1. The summed E-state index contributed by atoms with van der Waals surface area (Å²) < 4.78 is 5.33. The fraction of sp³-hybridized carbons (Fsp3) is 0.800. The zero-order chi connectivity index (χ0) is 10.7. The monoisotopic (exact) mass is 227 g/mol. The molecule has 0 aromatic carbocycles. The lowest BCUT2D eigenvalue weighted by Crippen LogP contribution is -2.27. The van der Waals surface area contributed by atoms with E-state index in [0.717, 1.165) is 24.6 Å². The van der Waals surface area contributed by atoms with E-state index in [1.807, 2.05) is 11.8 Å². The molecule has 0 aliphatic carbocycles. The highest BCUT2D eigenvalue weighted by Crippen LogP contribution is 2.36. The summed E-state index contributed by atoms with van der Waals surface area (Å²) in [6, 6.07) is 0. The highest BCUT2D eigenvalue weighted by atomic mass is 32.2. The molecule has 15 heavy (non-hydrogen) atoms. The molecule has 4 nitrogen and oxygen atoms in total. The standard InChI is InChI=1S/C10H17N3OS/c1-10(3-6-15-7-4-10)9-12-8(2-5-11)13-14-9/h2-7,11H2,1H3. The van der Waals surface area contributed by atoms with Crippen molar-refractivity contribution >= 4 is 11.8 Å². The molecular weight excluding hydrogens is 210 g/mol. The highest BCUT2D eigenvalue weighted by Gasteiger charge is 2.34. The summed E-state index contributed by atoms with van der Waals surface area (Å²) in [5, 5.41) is 3.95. The summed E-state index contributed by atoms with van der Waals surface area (Å²) >= 11 is 2.00. The van der Waals surface area contributed by atoms with Gasteiger partial charge in [-0.1, -0.05) is 12.1 Å². The van der Waals surface area contributed by atoms with E-state index in [0.29, 0.717) is 13.0 Å². The van der Waals surface area contributed by atoms with Crippen LogP contribution in [0.15, 0.2) is 4.52 Å². The zero-order valence-electron chi connectivity index (χ0n) is 9.03. The van der Waals surface area contributed by atoms with Crippen LogP contribution in [-0.2, 0) is 11.8 Å². The molecule has 1 aliphatic rings. The van der Waals surface area contributed by atoms with Gasteiger partial charge in [-0.3, -0.25) is 0 Å². The molecule has 1 fully saturated rings. The minimum atomic E-state index is 0.0884. The number of hydrogen-bond donors (Lipinski definition) is 1. The van der Waals surface area contributed by atoms with E-state index in [1.54, 1.807) is 0 Å². The van der Waals surface area contributed by atoms with Crippen LogP contribution in [-0.4, -0.2) is 28.2 Å². The van der Waals surface area contributed by atoms with Crippen LogP contribution in [0, 0.1) is 0 Å². The van der Waals surface area contributed by atoms with Gasteiger partial charge < -0.3 is 10.3 Å². The largest absolute Gasteiger partial charge is 0.339 e. The molecule has 0 bridgehead atoms. The Bertz CT molecular complexity index is 320. The fourth-order valence-corrected chi connectivity index (χ4v) is 3.16. The molecule has 0 atom stereocenters. The third-order valence-corrected chi connectivity index (χ3v) is 3.93. The van der Waals surface area contributed by atoms with Gasteiger partial charge in [0.1, 0.15) is 0 Å². The molecule has 1 aromatic heterocycles. The van der Waals surface area contributed by atoms with Crippen molar-refractivity contribution in [1.82, 2.24) is 10.1 Å². The Hall–Kier alpha value is -0.550. The lowest BCUT2D eigenvalue weighted by atomic mass is 9.84. The zero-order valence-corrected chi connectivity index (χ0v) is 9.85. The number of thioether (sulfide) groups is 1. The van der Waals surface area contributed by atoms with Gasteiger partial charge in [-0.2, -0.15) is 16.7 Å². The molecule has 1 aliphatic heterocycles. The summed E-state index contributed by atoms with van der Waals surface area (Å²) in [6.07, 6.45) is 2.96. The second-order valence-electron chi connectivity index (χ2n) is 4.23. The van der Waals surface area contributed by atoms with E-state index in [9.17, 15) is 0 Å². The van der Waals surface area contributed by atoms with E-state index in [1.165, 1.54) is 11.5 Å². The lowest BCUT2D eigenvalue weighted by Gasteiger charge is -2.29. The first-order valence-corrected chi connectivity index (χ1v) is 6.51. The van der Waals surface area contributed by atoms with Crippen molar-refractivity contribution < 1.29 is 4.52 Å². The Morgan fingerprint density at radius 1 is 1.47 bits per heavy atom. The second-order valence-corrected chi connectivity index (χ2v) is 5.45. The van der Waals surface area contributed by atoms with Crippen molar-refractivity contribution in [3.05, 3.63) is 11.7 Å². The van der Waals surface area contributed by atoms with E-state index >= 15 is 0 Å². The highest BCUT2D eigenvalue weighted by molar-refractivity contribution is 7.99. The van der Waals surface area contributed by atoms with Gasteiger partial charge in [-0.05, 0) is 30.9 Å². The molecule has 0 saturated carbocycles. The van der Waals surface area contributed by atoms with Crippen LogP contribution < -0.4 is 5.73 Å². The molecule has 1 saturated heterocycles. The summed E-state index contributed by atoms with van der Waals surface area (Å²) in [7, 11) is 0. The lowest BCUT2D eigenvalue weighted by molar-refractivity contribution is 0.277. The Balaban J connectivity index is 2.12. The van der Waals surface area contributed by atoms with E-state index in [-0.39, 0.29) is 5.41 Å². The van der Waals surface area contributed by atoms with Crippen molar-refractivity contribution in [2.75, 3.05) is 18.1 Å². The van der Waals surface area contributed by atoms with Crippen LogP contribution in [0.1, 0.15) is 31.5 Å². The first-order chi connectivity index (χ1) is 7.24. The number of nitrogens with zero attached hydrogens (tertiary/aromatic N) is 2. The van der Waals surface area contributed by atoms with Crippen molar-refractivity contribution in [3.63, 3.8) is 0 Å². The third kappa shape index (κ3) is 2.34. The molecule has 0 unspecified atom stereocenters. The normalized spacial score (nSPS) is 20.4. The minimum Gasteiger partial charge on any atom is -0.339 e. The molecule has 0 radical (unpaired) electrons. The van der Waals surface area contributed by atoms with Gasteiger partial charge in [0.25, 0.3) is 0 Å². The van der Waals surface area contributed by atoms with Gasteiger partial charge in [0.15, 0.2) is 5.82 Å². The van der Waals surface area contributed by atoms with Gasteiger partial charge in [-0.15, -0.1) is 0 Å². The fourth-order valence-electron chi connectivity index (χ4n) is 1.77. The predicted octanol–water partition coefficient (Wildman–Crippen LogP) is 1.36. The molecule has 0 spiro atoms. The van der Waals surface area contributed by atoms with Crippen LogP contribution in [0.25, 0.3) is 0 Å². The Kier molecular flexibility index (Phi) is 3.31. The molecule has 0 amide bonds. The molecule has 2 N–H and O–H groups in total. The van der Waals surface area contributed by atoms with Crippen LogP contribution in [0.2, 0.25) is 0 Å². The maximum Gasteiger partial charge on any atom is 0.232 e. The topological polar surface area (TPSA) is 64.9 Å². The van der Waals surface area contributed by atoms with Gasteiger partial charge in [-0.25, -0.2) is 0 Å². The quantitative estimate of drug-likeness (QED) is 0.844. The first-order valence-electron chi connectivity index (χ1n) is 5.35. The average molecular weight is 227 g/mol. The number of aromatic nitrogens is 2. The maximum absolute atomic E-state index is 5.46. The van der Waals surface area contributed by atoms with Crippen molar-refractivity contribution in [2.45, 2.75) is 31.6 Å². The molecule has 2 heterocycles. The molecule has 2 rings (SSSR count). The van der Waals surface area contributed by atoms with Gasteiger partial charge in [0, 0.05) is 11.8 Å². The molecule has 1 aromatic rings. The maximum atomic E-state index is 5.46. The van der Waals surface area contributed by atoms with Crippen LogP contribution in [0.5, 0.6) is 0 Å². The van der Waals surface area contributed by atoms with E-state index < -0.39 is 0 Å². The minimum absolute atomic E-state index is 0.0884. The van der Waals surface area contributed by atoms with Crippen LogP contribution in [0.4, 0.5) is 0 Å². The Labute approximate surface area is 94.0 Å². The van der Waals surface area contributed by atoms with Crippen LogP contribution >= 0.6 is 11.8 Å². The molecule has 5 heteroatoms. The van der Waals surface area contributed by atoms with Crippen LogP contribution in [0.3, 0.4) is 0 Å². The Morgan fingerprint density at radius 3 is 2.87 bits per heavy atom. The number of hydrogen-bond acceptors (Lipinski definition) is 5. The summed E-state index contributed by atoms with van der Waals surface area (Å²) in [6.45, 7) is 2.79. The van der Waals surface area contributed by atoms with Gasteiger partial charge >= 0.3 is 0 Å². The van der Waals surface area contributed by atoms with Gasteiger partial charge in [0.2, 0.25) is 5.89 Å². The summed E-state index contributed by atoms with van der Waals surface area (Å²) in [5.41, 5.74) is 5.54. The SMILES string of the molecule is CC1(c2nc(CCN)no2)CCSCC1. The van der Waals surface area contributed by atoms with E-state index in [4.69, 9.17) is 10.3 Å². The number of rotatable bonds is 3. The summed E-state index contributed by atoms with van der Waals surface area (Å²) in [4.78, 5) is 4.43. The molecule has 84 valence electrons. The predicted molar refractivity (Wildman–Crippen MR) is 61.0 cm³/mol. The van der Waals surface area contributed by atoms with Crippen molar-refractivity contribution in [3.8, 4) is 0 Å². The first kappa shape index (κ1) is 11.0. The van der Waals surface area contributed by atoms with Crippen molar-refractivity contribution in [1.29, 1.82) is 0 Å². The Morgan fingerprint density at radius 2 is 2.20 bits per heavy atom. The second kappa shape index (κ2) is 4.53.